The molecule has 1 unspecified atom stereocenters. The fourth-order valence-electron chi connectivity index (χ4n) is 2.60. The van der Waals surface area contributed by atoms with Gasteiger partial charge in [0, 0.05) is 11.1 Å². The van der Waals surface area contributed by atoms with Gasteiger partial charge in [0.2, 0.25) is 0 Å². The van der Waals surface area contributed by atoms with Gasteiger partial charge >= 0.3 is 0 Å². The molecule has 2 aromatic rings. The van der Waals surface area contributed by atoms with E-state index in [9.17, 15) is 4.79 Å². The zero-order valence-electron chi connectivity index (χ0n) is 11.9. The fourth-order valence-corrected chi connectivity index (χ4v) is 2.83. The molecule has 21 heavy (non-hydrogen) atoms. The summed E-state index contributed by atoms with van der Waals surface area (Å²) in [6, 6.07) is 10.9. The Labute approximate surface area is 128 Å². The number of Topliss-reactive ketones (excluding diaryl/α,β-unsaturated/α-hetero) is 1. The van der Waals surface area contributed by atoms with E-state index < -0.39 is 0 Å². The van der Waals surface area contributed by atoms with Crippen molar-refractivity contribution in [1.82, 2.24) is 0 Å². The first kappa shape index (κ1) is 14.0. The lowest BCUT2D eigenvalue weighted by Crippen LogP contribution is -2.21. The third kappa shape index (κ3) is 2.61. The van der Waals surface area contributed by atoms with E-state index in [0.29, 0.717) is 28.5 Å². The summed E-state index contributed by atoms with van der Waals surface area (Å²) in [6.45, 7) is 1.97. The molecule has 0 aliphatic carbocycles. The van der Waals surface area contributed by atoms with E-state index in [-0.39, 0.29) is 11.9 Å². The summed E-state index contributed by atoms with van der Waals surface area (Å²) in [6.07, 6.45) is 0.0521. The fraction of sp³-hybridized carbons (Fsp3) is 0.235. The average molecular weight is 303 g/mol. The van der Waals surface area contributed by atoms with Crippen LogP contribution in [0.15, 0.2) is 36.4 Å². The number of hydrogen-bond acceptors (Lipinski definition) is 3. The van der Waals surface area contributed by atoms with Gasteiger partial charge in [-0.3, -0.25) is 4.79 Å². The summed E-state index contributed by atoms with van der Waals surface area (Å²) in [4.78, 5) is 12.3. The maximum absolute atomic E-state index is 12.3. The minimum Gasteiger partial charge on any atom is -0.497 e. The van der Waals surface area contributed by atoms with Crippen molar-refractivity contribution < 1.29 is 14.3 Å². The number of methoxy groups -OCH3 is 1. The predicted octanol–water partition coefficient (Wildman–Crippen LogP) is 4.36. The van der Waals surface area contributed by atoms with E-state index >= 15 is 0 Å². The number of rotatable bonds is 2. The van der Waals surface area contributed by atoms with Crippen LogP contribution < -0.4 is 9.47 Å². The van der Waals surface area contributed by atoms with E-state index in [0.717, 1.165) is 11.1 Å². The molecular formula is C17H15ClO3. The van der Waals surface area contributed by atoms with Crippen molar-refractivity contribution in [3.8, 4) is 11.5 Å². The van der Waals surface area contributed by atoms with Gasteiger partial charge in [0.15, 0.2) is 5.78 Å². The normalized spacial score (nSPS) is 17.1. The van der Waals surface area contributed by atoms with E-state index in [4.69, 9.17) is 21.1 Å². The third-order valence-corrected chi connectivity index (χ3v) is 3.94. The van der Waals surface area contributed by atoms with Crippen molar-refractivity contribution in [1.29, 1.82) is 0 Å². The number of benzene rings is 2. The molecule has 1 aliphatic rings. The van der Waals surface area contributed by atoms with Gasteiger partial charge in [0.1, 0.15) is 17.6 Å². The van der Waals surface area contributed by atoms with Crippen molar-refractivity contribution in [2.75, 3.05) is 7.11 Å². The molecule has 3 rings (SSSR count). The summed E-state index contributed by atoms with van der Waals surface area (Å²) >= 11 is 5.98. The molecule has 0 radical (unpaired) electrons. The Morgan fingerprint density at radius 2 is 2.05 bits per heavy atom. The molecule has 0 saturated carbocycles. The maximum Gasteiger partial charge on any atom is 0.170 e. The van der Waals surface area contributed by atoms with Gasteiger partial charge < -0.3 is 9.47 Å². The van der Waals surface area contributed by atoms with Gasteiger partial charge in [-0.25, -0.2) is 0 Å². The molecule has 1 aliphatic heterocycles. The zero-order chi connectivity index (χ0) is 15.0. The van der Waals surface area contributed by atoms with Crippen LogP contribution in [0.1, 0.15) is 34.0 Å². The lowest BCUT2D eigenvalue weighted by Gasteiger charge is -2.27. The largest absolute Gasteiger partial charge is 0.497 e. The summed E-state index contributed by atoms with van der Waals surface area (Å²) in [5.74, 6) is 1.33. The monoisotopic (exact) mass is 302 g/mol. The second-order valence-electron chi connectivity index (χ2n) is 5.10. The molecule has 3 nitrogen and oxygen atoms in total. The second kappa shape index (κ2) is 5.41. The van der Waals surface area contributed by atoms with Crippen LogP contribution in [0.4, 0.5) is 0 Å². The van der Waals surface area contributed by atoms with Crippen LogP contribution in [0, 0.1) is 6.92 Å². The molecule has 1 heterocycles. The number of halogens is 1. The van der Waals surface area contributed by atoms with Crippen molar-refractivity contribution in [3.05, 3.63) is 58.1 Å². The standard InChI is InChI=1S/C17H15ClO3/c1-10-7-11(18)3-5-13(10)17-9-15(19)14-6-4-12(20-2)8-16(14)21-17/h3-8,17H,9H2,1-2H3. The molecule has 0 amide bonds. The van der Waals surface area contributed by atoms with Gasteiger partial charge in [-0.2, -0.15) is 0 Å². The van der Waals surface area contributed by atoms with Crippen LogP contribution in [-0.4, -0.2) is 12.9 Å². The number of carbonyl (C=O) groups excluding carboxylic acids is 1. The molecule has 0 N–H and O–H groups in total. The Hall–Kier alpha value is -2.00. The molecule has 0 saturated heterocycles. The first-order valence-corrected chi connectivity index (χ1v) is 7.10. The molecule has 1 atom stereocenters. The molecular weight excluding hydrogens is 288 g/mol. The van der Waals surface area contributed by atoms with Gasteiger partial charge in [0.05, 0.1) is 19.1 Å². The number of fused-ring (bicyclic) bond motifs is 1. The van der Waals surface area contributed by atoms with Crippen molar-refractivity contribution in [3.63, 3.8) is 0 Å². The number of carbonyl (C=O) groups is 1. The van der Waals surface area contributed by atoms with Crippen LogP contribution in [0.5, 0.6) is 11.5 Å². The molecule has 0 spiro atoms. The van der Waals surface area contributed by atoms with Crippen LogP contribution in [0.2, 0.25) is 5.02 Å². The van der Waals surface area contributed by atoms with Gasteiger partial charge in [-0.1, -0.05) is 17.7 Å². The highest BCUT2D eigenvalue weighted by Crippen LogP contribution is 2.38. The van der Waals surface area contributed by atoms with Crippen LogP contribution in [0.25, 0.3) is 0 Å². The predicted molar refractivity (Wildman–Crippen MR) is 81.5 cm³/mol. The highest BCUT2D eigenvalue weighted by molar-refractivity contribution is 6.30. The molecule has 2 aromatic carbocycles. The second-order valence-corrected chi connectivity index (χ2v) is 5.53. The van der Waals surface area contributed by atoms with Gasteiger partial charge in [0.25, 0.3) is 0 Å². The highest BCUT2D eigenvalue weighted by Gasteiger charge is 2.28. The maximum atomic E-state index is 12.3. The third-order valence-electron chi connectivity index (χ3n) is 3.71. The van der Waals surface area contributed by atoms with Crippen molar-refractivity contribution in [2.45, 2.75) is 19.4 Å². The van der Waals surface area contributed by atoms with E-state index in [1.54, 1.807) is 25.3 Å². The minimum atomic E-state index is -0.283. The number of aryl methyl sites for hydroxylation is 1. The Bertz CT molecular complexity index is 709. The SMILES string of the molecule is COc1ccc2c(c1)OC(c1ccc(Cl)cc1C)CC2=O. The molecule has 0 fully saturated rings. The zero-order valence-corrected chi connectivity index (χ0v) is 12.6. The van der Waals surface area contributed by atoms with Crippen molar-refractivity contribution >= 4 is 17.4 Å². The van der Waals surface area contributed by atoms with Crippen LogP contribution in [0.3, 0.4) is 0 Å². The van der Waals surface area contributed by atoms with E-state index in [1.165, 1.54) is 0 Å². The summed E-state index contributed by atoms with van der Waals surface area (Å²) < 4.78 is 11.2. The molecule has 108 valence electrons. The summed E-state index contributed by atoms with van der Waals surface area (Å²) in [7, 11) is 1.59. The topological polar surface area (TPSA) is 35.5 Å². The quantitative estimate of drug-likeness (QED) is 0.826. The number of hydrogen-bond donors (Lipinski definition) is 0. The van der Waals surface area contributed by atoms with E-state index in [1.807, 2.05) is 25.1 Å². The highest BCUT2D eigenvalue weighted by atomic mass is 35.5. The average Bonchev–Trinajstić information content (AvgIpc) is 2.46. The van der Waals surface area contributed by atoms with E-state index in [2.05, 4.69) is 0 Å². The Balaban J connectivity index is 1.99. The first-order valence-electron chi connectivity index (χ1n) is 6.72. The van der Waals surface area contributed by atoms with Gasteiger partial charge in [-0.15, -0.1) is 0 Å². The van der Waals surface area contributed by atoms with Crippen LogP contribution in [-0.2, 0) is 0 Å². The van der Waals surface area contributed by atoms with Gasteiger partial charge in [-0.05, 0) is 42.3 Å². The van der Waals surface area contributed by atoms with Crippen molar-refractivity contribution in [2.24, 2.45) is 0 Å². The van der Waals surface area contributed by atoms with Crippen LogP contribution >= 0.6 is 11.6 Å². The molecule has 0 aromatic heterocycles. The Morgan fingerprint density at radius 1 is 1.24 bits per heavy atom. The minimum absolute atomic E-state index is 0.0817. The Kier molecular flexibility index (Phi) is 3.60. The smallest absolute Gasteiger partial charge is 0.170 e. The summed E-state index contributed by atoms with van der Waals surface area (Å²) in [5.41, 5.74) is 2.62. The number of ketones is 1. The summed E-state index contributed by atoms with van der Waals surface area (Å²) in [5, 5.41) is 0.681. The first-order chi connectivity index (χ1) is 10.1. The molecule has 0 bridgehead atoms. The molecule has 4 heteroatoms. The number of ether oxygens (including phenoxy) is 2. The lowest BCUT2D eigenvalue weighted by atomic mass is 9.94. The lowest BCUT2D eigenvalue weighted by molar-refractivity contribution is 0.0849. The Morgan fingerprint density at radius 3 is 2.76 bits per heavy atom.